The molecule has 0 N–H and O–H groups in total. The molecular formula is C14H12N2O3S2. The van der Waals surface area contributed by atoms with Crippen molar-refractivity contribution in [3.05, 3.63) is 44.9 Å². The zero-order chi connectivity index (χ0) is 14.8. The first-order valence-corrected chi connectivity index (χ1v) is 8.04. The predicted octanol–water partition coefficient (Wildman–Crippen LogP) is 3.83. The van der Waals surface area contributed by atoms with Crippen LogP contribution in [0.5, 0.6) is 0 Å². The molecule has 21 heavy (non-hydrogen) atoms. The number of hydrogen-bond acceptors (Lipinski definition) is 7. The molecule has 108 valence electrons. The van der Waals surface area contributed by atoms with Crippen LogP contribution in [0.3, 0.4) is 0 Å². The summed E-state index contributed by atoms with van der Waals surface area (Å²) in [4.78, 5) is 16.5. The lowest BCUT2D eigenvalue weighted by Gasteiger charge is -2.01. The van der Waals surface area contributed by atoms with Crippen LogP contribution < -0.4 is 0 Å². The summed E-state index contributed by atoms with van der Waals surface area (Å²) in [5, 5.41) is 10.6. The van der Waals surface area contributed by atoms with Crippen molar-refractivity contribution in [2.45, 2.75) is 20.5 Å². The normalized spacial score (nSPS) is 10.8. The van der Waals surface area contributed by atoms with Gasteiger partial charge in [0.2, 0.25) is 0 Å². The number of thiophene rings is 1. The molecule has 0 radical (unpaired) electrons. The number of aromatic nitrogens is 2. The van der Waals surface area contributed by atoms with Gasteiger partial charge in [0.05, 0.1) is 11.4 Å². The topological polar surface area (TPSA) is 65.2 Å². The second kappa shape index (κ2) is 5.79. The molecule has 0 saturated carbocycles. The van der Waals surface area contributed by atoms with Gasteiger partial charge in [-0.05, 0) is 25.3 Å². The molecule has 3 heterocycles. The molecule has 0 atom stereocenters. The number of aryl methyl sites for hydroxylation is 2. The van der Waals surface area contributed by atoms with E-state index in [-0.39, 0.29) is 6.61 Å². The highest BCUT2D eigenvalue weighted by atomic mass is 32.1. The highest BCUT2D eigenvalue weighted by Gasteiger charge is 2.19. The number of hydrogen-bond donors (Lipinski definition) is 0. The van der Waals surface area contributed by atoms with E-state index in [0.717, 1.165) is 16.3 Å². The lowest BCUT2D eigenvalue weighted by Crippen LogP contribution is -2.07. The average molecular weight is 320 g/mol. The van der Waals surface area contributed by atoms with Crippen molar-refractivity contribution >= 4 is 28.6 Å². The van der Waals surface area contributed by atoms with Gasteiger partial charge in [-0.15, -0.1) is 11.3 Å². The Morgan fingerprint density at radius 3 is 2.90 bits per heavy atom. The lowest BCUT2D eigenvalue weighted by molar-refractivity contribution is 0.0466. The summed E-state index contributed by atoms with van der Waals surface area (Å²) >= 11 is 3.16. The van der Waals surface area contributed by atoms with E-state index in [0.29, 0.717) is 17.0 Å². The Morgan fingerprint density at radius 1 is 1.38 bits per heavy atom. The summed E-state index contributed by atoms with van der Waals surface area (Å²) in [7, 11) is 0. The van der Waals surface area contributed by atoms with Crippen LogP contribution in [0, 0.1) is 13.8 Å². The Labute approximate surface area is 129 Å². The maximum absolute atomic E-state index is 12.0. The fourth-order valence-corrected chi connectivity index (χ4v) is 3.39. The van der Waals surface area contributed by atoms with Crippen molar-refractivity contribution in [2.24, 2.45) is 0 Å². The third-order valence-electron chi connectivity index (χ3n) is 2.91. The van der Waals surface area contributed by atoms with Gasteiger partial charge in [-0.2, -0.15) is 11.3 Å². The highest BCUT2D eigenvalue weighted by Crippen LogP contribution is 2.26. The molecule has 0 bridgehead atoms. The minimum atomic E-state index is -0.434. The quantitative estimate of drug-likeness (QED) is 0.683. The maximum Gasteiger partial charge on any atom is 0.344 e. The second-order valence-corrected chi connectivity index (χ2v) is 6.07. The minimum absolute atomic E-state index is 0.142. The van der Waals surface area contributed by atoms with Gasteiger partial charge in [-0.25, -0.2) is 9.78 Å². The molecule has 0 spiro atoms. The van der Waals surface area contributed by atoms with Crippen LogP contribution in [0.25, 0.3) is 10.6 Å². The Balaban J connectivity index is 1.67. The van der Waals surface area contributed by atoms with Gasteiger partial charge in [-0.1, -0.05) is 5.16 Å². The standard InChI is InChI=1S/C14H12N2O3S2/c1-8-12(9(2)19-16-8)14(17)18-5-11-7-21-13(15-11)10-3-4-20-6-10/h3-4,6-7H,5H2,1-2H3. The van der Waals surface area contributed by atoms with Crippen molar-refractivity contribution < 1.29 is 14.1 Å². The minimum Gasteiger partial charge on any atom is -0.455 e. The first kappa shape index (κ1) is 14.0. The van der Waals surface area contributed by atoms with Gasteiger partial charge in [0.1, 0.15) is 22.9 Å². The Hall–Kier alpha value is -1.99. The zero-order valence-electron chi connectivity index (χ0n) is 11.5. The maximum atomic E-state index is 12.0. The smallest absolute Gasteiger partial charge is 0.344 e. The van der Waals surface area contributed by atoms with Crippen molar-refractivity contribution in [1.82, 2.24) is 10.1 Å². The van der Waals surface area contributed by atoms with E-state index in [9.17, 15) is 4.79 Å². The number of thiazole rings is 1. The SMILES string of the molecule is Cc1noc(C)c1C(=O)OCc1csc(-c2ccsc2)n1. The van der Waals surface area contributed by atoms with Crippen molar-refractivity contribution in [3.8, 4) is 10.6 Å². The zero-order valence-corrected chi connectivity index (χ0v) is 13.1. The van der Waals surface area contributed by atoms with E-state index in [1.165, 1.54) is 11.3 Å². The van der Waals surface area contributed by atoms with Crippen LogP contribution in [0.1, 0.15) is 27.5 Å². The number of ether oxygens (including phenoxy) is 1. The van der Waals surface area contributed by atoms with Crippen molar-refractivity contribution in [1.29, 1.82) is 0 Å². The van der Waals surface area contributed by atoms with Gasteiger partial charge in [0.25, 0.3) is 0 Å². The highest BCUT2D eigenvalue weighted by molar-refractivity contribution is 7.14. The van der Waals surface area contributed by atoms with Crippen molar-refractivity contribution in [3.63, 3.8) is 0 Å². The van der Waals surface area contributed by atoms with E-state index in [2.05, 4.69) is 10.1 Å². The van der Waals surface area contributed by atoms with Gasteiger partial charge >= 0.3 is 5.97 Å². The number of carbonyl (C=O) groups is 1. The van der Waals surface area contributed by atoms with Gasteiger partial charge in [0.15, 0.2) is 0 Å². The van der Waals surface area contributed by atoms with Crippen LogP contribution in [-0.4, -0.2) is 16.1 Å². The molecule has 0 saturated heterocycles. The van der Waals surface area contributed by atoms with Crippen LogP contribution >= 0.6 is 22.7 Å². The van der Waals surface area contributed by atoms with Gasteiger partial charge in [-0.3, -0.25) is 0 Å². The molecule has 3 aromatic rings. The molecule has 5 nitrogen and oxygen atoms in total. The molecule has 0 unspecified atom stereocenters. The largest absolute Gasteiger partial charge is 0.455 e. The second-order valence-electron chi connectivity index (χ2n) is 4.43. The summed E-state index contributed by atoms with van der Waals surface area (Å²) in [5.41, 5.74) is 2.76. The van der Waals surface area contributed by atoms with Crippen LogP contribution in [-0.2, 0) is 11.3 Å². The summed E-state index contributed by atoms with van der Waals surface area (Å²) in [6.45, 7) is 3.54. The lowest BCUT2D eigenvalue weighted by atomic mass is 10.2. The molecule has 3 rings (SSSR count). The van der Waals surface area contributed by atoms with Crippen molar-refractivity contribution in [2.75, 3.05) is 0 Å². The number of rotatable bonds is 4. The fraction of sp³-hybridized carbons (Fsp3) is 0.214. The molecule has 0 aliphatic rings. The third kappa shape index (κ3) is 2.88. The summed E-state index contributed by atoms with van der Waals surface area (Å²) in [6, 6.07) is 2.02. The molecule has 0 aliphatic heterocycles. The van der Waals surface area contributed by atoms with Gasteiger partial charge < -0.3 is 9.26 Å². The monoisotopic (exact) mass is 320 g/mol. The fourth-order valence-electron chi connectivity index (χ4n) is 1.88. The van der Waals surface area contributed by atoms with E-state index in [1.54, 1.807) is 25.2 Å². The van der Waals surface area contributed by atoms with Crippen LogP contribution in [0.15, 0.2) is 26.7 Å². The van der Waals surface area contributed by atoms with E-state index in [4.69, 9.17) is 9.26 Å². The molecular weight excluding hydrogens is 308 g/mol. The first-order chi connectivity index (χ1) is 10.1. The van der Waals surface area contributed by atoms with Gasteiger partial charge in [0, 0.05) is 16.3 Å². The summed E-state index contributed by atoms with van der Waals surface area (Å²) in [5.74, 6) is 0.0334. The van der Waals surface area contributed by atoms with Crippen LogP contribution in [0.2, 0.25) is 0 Å². The third-order valence-corrected chi connectivity index (χ3v) is 4.53. The first-order valence-electron chi connectivity index (χ1n) is 6.22. The number of esters is 1. The molecule has 3 aromatic heterocycles. The molecule has 0 fully saturated rings. The van der Waals surface area contributed by atoms with E-state index >= 15 is 0 Å². The number of carbonyl (C=O) groups excluding carboxylic acids is 1. The average Bonchev–Trinajstić information content (AvgIpc) is 3.17. The molecule has 0 amide bonds. The summed E-state index contributed by atoms with van der Waals surface area (Å²) in [6.07, 6.45) is 0. The molecule has 7 heteroatoms. The number of nitrogens with zero attached hydrogens (tertiary/aromatic N) is 2. The predicted molar refractivity (Wildman–Crippen MR) is 80.5 cm³/mol. The Morgan fingerprint density at radius 2 is 2.24 bits per heavy atom. The van der Waals surface area contributed by atoms with E-state index < -0.39 is 5.97 Å². The Bertz CT molecular complexity index is 740. The van der Waals surface area contributed by atoms with Crippen LogP contribution in [0.4, 0.5) is 0 Å². The molecule has 0 aliphatic carbocycles. The Kier molecular flexibility index (Phi) is 3.85. The summed E-state index contributed by atoms with van der Waals surface area (Å²) < 4.78 is 10.2. The molecule has 0 aromatic carbocycles. The van der Waals surface area contributed by atoms with E-state index in [1.807, 2.05) is 22.2 Å².